The Morgan fingerprint density at radius 2 is 1.00 bits per heavy atom. The maximum absolute atomic E-state index is 13.0. The van der Waals surface area contributed by atoms with E-state index in [4.69, 9.17) is 14.2 Å². The molecule has 6 aromatic heterocycles. The molecule has 0 spiro atoms. The molecule has 0 atom stereocenters. The monoisotopic (exact) mass is 898 g/mol. The summed E-state index contributed by atoms with van der Waals surface area (Å²) in [5, 5.41) is 16.6. The fourth-order valence-electron chi connectivity index (χ4n) is 5.95. The van der Waals surface area contributed by atoms with Gasteiger partial charge in [-0.3, -0.25) is 0 Å². The van der Waals surface area contributed by atoms with Crippen LogP contribution in [0.2, 0.25) is 0 Å². The number of rotatable bonds is 14. The first-order valence-corrected chi connectivity index (χ1v) is 19.5. The number of fused-ring (bicyclic) bond motifs is 2. The van der Waals surface area contributed by atoms with Crippen molar-refractivity contribution in [2.24, 2.45) is 0 Å². The van der Waals surface area contributed by atoms with Crippen molar-refractivity contribution in [3.05, 3.63) is 133 Å². The third-order valence-electron chi connectivity index (χ3n) is 8.90. The first kappa shape index (κ1) is 45.0. The van der Waals surface area contributed by atoms with Gasteiger partial charge in [-0.1, -0.05) is 12.1 Å². The van der Waals surface area contributed by atoms with Crippen molar-refractivity contribution in [1.29, 1.82) is 0 Å². The third kappa shape index (κ3) is 12.1. The van der Waals surface area contributed by atoms with E-state index in [-0.39, 0.29) is 35.1 Å². The van der Waals surface area contributed by atoms with E-state index in [1.807, 2.05) is 19.9 Å². The van der Waals surface area contributed by atoms with Crippen molar-refractivity contribution >= 4 is 34.0 Å². The van der Waals surface area contributed by atoms with Gasteiger partial charge < -0.3 is 30.0 Å². The lowest BCUT2D eigenvalue weighted by Gasteiger charge is -2.16. The van der Waals surface area contributed by atoms with Crippen LogP contribution in [0.1, 0.15) is 36.1 Å². The van der Waals surface area contributed by atoms with Crippen molar-refractivity contribution in [2.45, 2.75) is 45.1 Å². The Balaban J connectivity index is 0.000000195. The fourth-order valence-corrected chi connectivity index (χ4v) is 5.95. The van der Waals surface area contributed by atoms with E-state index >= 15 is 0 Å². The van der Waals surface area contributed by atoms with Gasteiger partial charge >= 0.3 is 12.4 Å². The van der Waals surface area contributed by atoms with Gasteiger partial charge in [0.05, 0.1) is 17.2 Å². The lowest BCUT2D eigenvalue weighted by molar-refractivity contribution is -0.138. The summed E-state index contributed by atoms with van der Waals surface area (Å²) in [6.07, 6.45) is 3.06. The van der Waals surface area contributed by atoms with E-state index in [1.165, 1.54) is 24.8 Å². The molecular weight excluding hydrogens is 863 g/mol. The van der Waals surface area contributed by atoms with Crippen molar-refractivity contribution in [3.63, 3.8) is 0 Å². The molecule has 65 heavy (non-hydrogen) atoms. The minimum atomic E-state index is -4.51. The van der Waals surface area contributed by atoms with Crippen molar-refractivity contribution < 1.29 is 45.7 Å². The molecule has 2 aromatic carbocycles. The predicted octanol–water partition coefficient (Wildman–Crippen LogP) is 9.05. The Hall–Kier alpha value is -8.04. The zero-order valence-corrected chi connectivity index (χ0v) is 34.2. The number of halogens is 6. The van der Waals surface area contributed by atoms with Gasteiger partial charge in [-0.2, -0.15) is 26.3 Å². The van der Waals surface area contributed by atoms with Crippen LogP contribution in [-0.4, -0.2) is 74.1 Å². The summed E-state index contributed by atoms with van der Waals surface area (Å²) in [7, 11) is 0. The van der Waals surface area contributed by atoms with E-state index < -0.39 is 23.5 Å². The maximum atomic E-state index is 13.0. The second-order valence-corrected chi connectivity index (χ2v) is 14.0. The summed E-state index contributed by atoms with van der Waals surface area (Å²) in [6, 6.07) is 13.3. The largest absolute Gasteiger partial charge is 0.504 e. The Morgan fingerprint density at radius 3 is 1.49 bits per heavy atom. The van der Waals surface area contributed by atoms with Gasteiger partial charge in [0.15, 0.2) is 45.9 Å². The van der Waals surface area contributed by atoms with Crippen LogP contribution in [-0.2, 0) is 25.2 Å². The highest BCUT2D eigenvalue weighted by molar-refractivity contribution is 5.82. The number of aromatic hydroxyl groups is 1. The number of ether oxygens (including phenoxy) is 3. The molecule has 22 heteroatoms. The molecular formula is C43H36F6N12O4. The first-order chi connectivity index (χ1) is 31.2. The quantitative estimate of drug-likeness (QED) is 0.0872. The SMILES string of the molecule is CC(C)Oc1cc(CCNc2ncnc3nccnc23)ccc1Oc1cc(C(F)(F)F)ccn1.Oc1cc(CCNc2ncnc3nccnc23)ccc1Oc1cc(C(F)(F)F)ccn1. The minimum absolute atomic E-state index is 0.000558. The van der Waals surface area contributed by atoms with Gasteiger partial charge in [-0.15, -0.1) is 0 Å². The number of anilines is 2. The third-order valence-corrected chi connectivity index (χ3v) is 8.90. The van der Waals surface area contributed by atoms with E-state index in [0.717, 1.165) is 47.8 Å². The van der Waals surface area contributed by atoms with Gasteiger partial charge in [-0.05, 0) is 74.2 Å². The van der Waals surface area contributed by atoms with Crippen LogP contribution in [0, 0.1) is 0 Å². The van der Waals surface area contributed by atoms with Gasteiger partial charge in [-0.25, -0.2) is 49.8 Å². The molecule has 6 heterocycles. The molecule has 0 radical (unpaired) electrons. The zero-order chi connectivity index (χ0) is 46.0. The number of nitrogens with zero attached hydrogens (tertiary/aromatic N) is 10. The first-order valence-electron chi connectivity index (χ1n) is 19.5. The molecule has 0 amide bonds. The van der Waals surface area contributed by atoms with Crippen molar-refractivity contribution in [2.75, 3.05) is 23.7 Å². The maximum Gasteiger partial charge on any atom is 0.416 e. The Morgan fingerprint density at radius 1 is 0.523 bits per heavy atom. The summed E-state index contributed by atoms with van der Waals surface area (Å²) >= 11 is 0. The second kappa shape index (κ2) is 20.0. The highest BCUT2D eigenvalue weighted by atomic mass is 19.4. The molecule has 0 unspecified atom stereocenters. The molecule has 16 nitrogen and oxygen atoms in total. The number of hydrogen-bond donors (Lipinski definition) is 3. The summed E-state index contributed by atoms with van der Waals surface area (Å²) in [5.74, 6) is 1.14. The molecule has 0 fully saturated rings. The van der Waals surface area contributed by atoms with Gasteiger partial charge in [0.1, 0.15) is 23.7 Å². The van der Waals surface area contributed by atoms with E-state index in [9.17, 15) is 31.4 Å². The molecule has 3 N–H and O–H groups in total. The standard InChI is InChI=1S/C23H21F3N6O2.C20H15F3N6O2/c1-14(2)33-18-11-15(5-7-29-21-20-22(32-13-31-21)30-10-9-28-20)3-4-17(18)34-19-12-16(6-8-27-19)23(24,25)26;21-20(22,23)13-4-6-24-16(10-13)31-15-2-1-12(9-14(15)30)3-5-26-18-17-19(29-11-28-18)27-8-7-25-17/h3-4,6,8-14H,5,7H2,1-2H3,(H,29,30,31,32);1-2,4,6-11,30H,3,5H2,(H,26,27,28,29). The zero-order valence-electron chi connectivity index (χ0n) is 34.2. The normalized spacial score (nSPS) is 11.5. The summed E-state index contributed by atoms with van der Waals surface area (Å²) in [5.41, 5.74) is 2.07. The summed E-state index contributed by atoms with van der Waals surface area (Å²) < 4.78 is 94.3. The molecule has 8 rings (SSSR count). The highest BCUT2D eigenvalue weighted by Gasteiger charge is 2.32. The van der Waals surface area contributed by atoms with E-state index in [2.05, 4.69) is 60.5 Å². The Kier molecular flexibility index (Phi) is 13.8. The van der Waals surface area contributed by atoms with E-state index in [1.54, 1.807) is 43.0 Å². The molecule has 8 aromatic rings. The van der Waals surface area contributed by atoms with Crippen LogP contribution in [0.5, 0.6) is 34.8 Å². The topological polar surface area (TPSA) is 201 Å². The second-order valence-electron chi connectivity index (χ2n) is 14.0. The number of hydrogen-bond acceptors (Lipinski definition) is 16. The molecule has 0 aliphatic carbocycles. The predicted molar refractivity (Wildman–Crippen MR) is 224 cm³/mol. The molecule has 0 aliphatic heterocycles. The Labute approximate surface area is 365 Å². The van der Waals surface area contributed by atoms with Crippen LogP contribution in [0.4, 0.5) is 38.0 Å². The molecule has 0 aliphatic rings. The van der Waals surface area contributed by atoms with Crippen molar-refractivity contribution in [3.8, 4) is 34.8 Å². The molecule has 334 valence electrons. The lowest BCUT2D eigenvalue weighted by atomic mass is 10.1. The fraction of sp³-hybridized carbons (Fsp3) is 0.209. The number of aromatic nitrogens is 10. The van der Waals surface area contributed by atoms with Crippen LogP contribution >= 0.6 is 0 Å². The lowest BCUT2D eigenvalue weighted by Crippen LogP contribution is -2.10. The van der Waals surface area contributed by atoms with Crippen LogP contribution in [0.25, 0.3) is 22.3 Å². The average Bonchev–Trinajstić information content (AvgIpc) is 3.28. The smallest absolute Gasteiger partial charge is 0.416 e. The number of phenols is 1. The summed E-state index contributed by atoms with van der Waals surface area (Å²) in [4.78, 5) is 40.9. The minimum Gasteiger partial charge on any atom is -0.504 e. The number of pyridine rings is 2. The number of phenolic OH excluding ortho intramolecular Hbond substituents is 1. The molecule has 0 bridgehead atoms. The van der Waals surface area contributed by atoms with Crippen molar-refractivity contribution in [1.82, 2.24) is 49.8 Å². The van der Waals surface area contributed by atoms with Crippen LogP contribution in [0.3, 0.4) is 0 Å². The number of nitrogens with one attached hydrogen (secondary N) is 2. The van der Waals surface area contributed by atoms with Crippen LogP contribution < -0.4 is 24.8 Å². The summed E-state index contributed by atoms with van der Waals surface area (Å²) in [6.45, 7) is 4.72. The number of benzene rings is 2. The van der Waals surface area contributed by atoms with Gasteiger partial charge in [0.25, 0.3) is 0 Å². The van der Waals surface area contributed by atoms with Crippen LogP contribution in [0.15, 0.2) is 110 Å². The highest BCUT2D eigenvalue weighted by Crippen LogP contribution is 2.37. The van der Waals surface area contributed by atoms with E-state index in [0.29, 0.717) is 65.6 Å². The molecule has 0 saturated carbocycles. The van der Waals surface area contributed by atoms with Gasteiger partial charge in [0, 0.05) is 62.4 Å². The average molecular weight is 899 g/mol. The van der Waals surface area contributed by atoms with Gasteiger partial charge in [0.2, 0.25) is 11.8 Å². The Bertz CT molecular complexity index is 2880. The number of alkyl halides is 6. The molecule has 0 saturated heterocycles.